The number of carbonyl (C=O) groups excluding carboxylic acids is 4. The molecule has 6 nitrogen and oxygen atoms in total. The predicted molar refractivity (Wildman–Crippen MR) is 118 cm³/mol. The number of hydrazine groups is 1. The second-order valence-corrected chi connectivity index (χ2v) is 9.77. The number of hydrogen-bond acceptors (Lipinski definition) is 5. The molecular formula is C22H20Cl2N2O4S. The fourth-order valence-electron chi connectivity index (χ4n) is 4.27. The van der Waals surface area contributed by atoms with Crippen LogP contribution in [0.15, 0.2) is 35.7 Å². The standard InChI is InChI=1S/C22H20Cl2N2O4S/c1-12-4-6-14-15(9-12)22(30)26(21(14)29)25(11-18(27)19-3-2-8-31-19)20(28)13-5-7-16(23)17(24)10-13/h2-3,5,7-8,10,12,14-15H,4,6,9,11H2,1H3/t12-,14-,15+/m1/s1. The lowest BCUT2D eigenvalue weighted by atomic mass is 9.76. The Kier molecular flexibility index (Phi) is 6.19. The summed E-state index contributed by atoms with van der Waals surface area (Å²) in [4.78, 5) is 53.1. The molecule has 2 aliphatic rings. The number of nitrogens with zero attached hydrogens (tertiary/aromatic N) is 2. The van der Waals surface area contributed by atoms with E-state index in [0.717, 1.165) is 16.4 Å². The predicted octanol–water partition coefficient (Wildman–Crippen LogP) is 4.72. The van der Waals surface area contributed by atoms with Crippen LogP contribution >= 0.6 is 34.5 Å². The number of hydrogen-bond donors (Lipinski definition) is 0. The molecule has 31 heavy (non-hydrogen) atoms. The molecule has 1 aliphatic heterocycles. The van der Waals surface area contributed by atoms with Crippen molar-refractivity contribution in [3.05, 3.63) is 56.2 Å². The van der Waals surface area contributed by atoms with Crippen LogP contribution in [0, 0.1) is 17.8 Å². The summed E-state index contributed by atoms with van der Waals surface area (Å²) < 4.78 is 0. The van der Waals surface area contributed by atoms with Gasteiger partial charge in [0.1, 0.15) is 6.54 Å². The summed E-state index contributed by atoms with van der Waals surface area (Å²) in [6.45, 7) is 1.63. The fourth-order valence-corrected chi connectivity index (χ4v) is 5.23. The van der Waals surface area contributed by atoms with E-state index in [1.54, 1.807) is 17.5 Å². The van der Waals surface area contributed by atoms with Gasteiger partial charge in [0.15, 0.2) is 5.78 Å². The second-order valence-electron chi connectivity index (χ2n) is 8.01. The van der Waals surface area contributed by atoms with E-state index in [9.17, 15) is 19.2 Å². The maximum Gasteiger partial charge on any atom is 0.273 e. The number of benzene rings is 1. The van der Waals surface area contributed by atoms with Crippen molar-refractivity contribution >= 4 is 58.0 Å². The van der Waals surface area contributed by atoms with E-state index in [1.807, 2.05) is 0 Å². The number of halogens is 2. The summed E-state index contributed by atoms with van der Waals surface area (Å²) in [6.07, 6.45) is 2.04. The monoisotopic (exact) mass is 478 g/mol. The van der Waals surface area contributed by atoms with Gasteiger partial charge in [-0.05, 0) is 54.8 Å². The zero-order valence-corrected chi connectivity index (χ0v) is 19.0. The fraction of sp³-hybridized carbons (Fsp3) is 0.364. The minimum absolute atomic E-state index is 0.136. The maximum absolute atomic E-state index is 13.4. The van der Waals surface area contributed by atoms with Crippen LogP contribution in [0.1, 0.15) is 46.2 Å². The topological polar surface area (TPSA) is 74.8 Å². The number of carbonyl (C=O) groups is 4. The molecule has 0 N–H and O–H groups in total. The molecule has 162 valence electrons. The number of rotatable bonds is 5. The van der Waals surface area contributed by atoms with Crippen molar-refractivity contribution in [3.8, 4) is 0 Å². The van der Waals surface area contributed by atoms with Crippen molar-refractivity contribution in [2.24, 2.45) is 17.8 Å². The molecule has 0 unspecified atom stereocenters. The van der Waals surface area contributed by atoms with Gasteiger partial charge in [-0.25, -0.2) is 5.01 Å². The number of imide groups is 1. The van der Waals surface area contributed by atoms with Crippen LogP contribution in [0.4, 0.5) is 0 Å². The number of thiophene rings is 1. The van der Waals surface area contributed by atoms with Crippen LogP contribution in [0.2, 0.25) is 10.0 Å². The number of amides is 3. The van der Waals surface area contributed by atoms with Crippen molar-refractivity contribution in [2.45, 2.75) is 26.2 Å². The maximum atomic E-state index is 13.4. The van der Waals surface area contributed by atoms with Gasteiger partial charge in [0, 0.05) is 5.56 Å². The summed E-state index contributed by atoms with van der Waals surface area (Å²) >= 11 is 13.3. The smallest absolute Gasteiger partial charge is 0.273 e. The largest absolute Gasteiger partial charge is 0.291 e. The molecule has 9 heteroatoms. The summed E-state index contributed by atoms with van der Waals surface area (Å²) in [5.41, 5.74) is 0.136. The minimum atomic E-state index is -0.656. The van der Waals surface area contributed by atoms with Gasteiger partial charge in [0.25, 0.3) is 17.7 Å². The highest BCUT2D eigenvalue weighted by molar-refractivity contribution is 7.12. The van der Waals surface area contributed by atoms with E-state index < -0.39 is 36.1 Å². The van der Waals surface area contributed by atoms with Crippen LogP contribution < -0.4 is 0 Å². The molecule has 1 aromatic heterocycles. The van der Waals surface area contributed by atoms with Crippen molar-refractivity contribution in [3.63, 3.8) is 0 Å². The average Bonchev–Trinajstić information content (AvgIpc) is 3.36. The van der Waals surface area contributed by atoms with Gasteiger partial charge in [-0.15, -0.1) is 11.3 Å². The Morgan fingerprint density at radius 1 is 1.10 bits per heavy atom. The van der Waals surface area contributed by atoms with Crippen molar-refractivity contribution < 1.29 is 19.2 Å². The van der Waals surface area contributed by atoms with Crippen molar-refractivity contribution in [1.82, 2.24) is 10.0 Å². The Balaban J connectivity index is 1.70. The van der Waals surface area contributed by atoms with Crippen LogP contribution in [0.5, 0.6) is 0 Å². The molecule has 1 saturated heterocycles. The number of fused-ring (bicyclic) bond motifs is 1. The normalized spacial score (nSPS) is 23.1. The van der Waals surface area contributed by atoms with Gasteiger partial charge in [-0.1, -0.05) is 36.2 Å². The molecule has 1 aromatic carbocycles. The highest BCUT2D eigenvalue weighted by Gasteiger charge is 2.52. The lowest BCUT2D eigenvalue weighted by molar-refractivity contribution is -0.154. The van der Waals surface area contributed by atoms with Crippen LogP contribution in [-0.4, -0.2) is 40.1 Å². The highest BCUT2D eigenvalue weighted by Crippen LogP contribution is 2.41. The molecule has 2 aromatic rings. The quantitative estimate of drug-likeness (QED) is 0.460. The Hall–Kier alpha value is -2.22. The van der Waals surface area contributed by atoms with Gasteiger partial charge < -0.3 is 0 Å². The first-order valence-electron chi connectivity index (χ1n) is 9.99. The molecule has 4 rings (SSSR count). The van der Waals surface area contributed by atoms with E-state index >= 15 is 0 Å². The SMILES string of the molecule is C[C@@H]1CC[C@H]2C(=O)N(N(CC(=O)c3cccs3)C(=O)c3ccc(Cl)c(Cl)c3)C(=O)[C@H]2C1. The molecule has 3 atom stereocenters. The van der Waals surface area contributed by atoms with E-state index in [2.05, 4.69) is 6.92 Å². The molecule has 1 saturated carbocycles. The molecule has 0 radical (unpaired) electrons. The van der Waals surface area contributed by atoms with Gasteiger partial charge in [-0.3, -0.25) is 19.2 Å². The Labute approximate surface area is 193 Å². The summed E-state index contributed by atoms with van der Waals surface area (Å²) in [6, 6.07) is 7.66. The lowest BCUT2D eigenvalue weighted by Gasteiger charge is -2.30. The summed E-state index contributed by atoms with van der Waals surface area (Å²) in [7, 11) is 0. The molecular weight excluding hydrogens is 459 g/mol. The van der Waals surface area contributed by atoms with E-state index in [1.165, 1.54) is 29.5 Å². The third-order valence-electron chi connectivity index (χ3n) is 5.90. The minimum Gasteiger partial charge on any atom is -0.291 e. The Morgan fingerprint density at radius 2 is 1.84 bits per heavy atom. The van der Waals surface area contributed by atoms with E-state index in [0.29, 0.717) is 23.6 Å². The Bertz CT molecular complexity index is 1060. The first-order valence-corrected chi connectivity index (χ1v) is 11.6. The van der Waals surface area contributed by atoms with Gasteiger partial charge in [-0.2, -0.15) is 5.01 Å². The molecule has 1 aliphatic carbocycles. The molecule has 0 spiro atoms. The van der Waals surface area contributed by atoms with E-state index in [-0.39, 0.29) is 21.4 Å². The van der Waals surface area contributed by atoms with Crippen molar-refractivity contribution in [2.75, 3.05) is 6.54 Å². The lowest BCUT2D eigenvalue weighted by Crippen LogP contribution is -2.52. The Morgan fingerprint density at radius 3 is 2.52 bits per heavy atom. The third-order valence-corrected chi connectivity index (χ3v) is 7.55. The molecule has 0 bridgehead atoms. The first kappa shape index (κ1) is 22.0. The summed E-state index contributed by atoms with van der Waals surface area (Å²) in [5, 5.41) is 4.05. The second kappa shape index (κ2) is 8.73. The van der Waals surface area contributed by atoms with Gasteiger partial charge in [0.05, 0.1) is 26.8 Å². The van der Waals surface area contributed by atoms with Crippen LogP contribution in [0.3, 0.4) is 0 Å². The van der Waals surface area contributed by atoms with Crippen molar-refractivity contribution in [1.29, 1.82) is 0 Å². The number of ketones is 1. The number of Topliss-reactive ketones (excluding diaryl/α,β-unsaturated/α-hetero) is 1. The van der Waals surface area contributed by atoms with E-state index in [4.69, 9.17) is 23.2 Å². The zero-order chi connectivity index (χ0) is 22.3. The van der Waals surface area contributed by atoms with Crippen LogP contribution in [-0.2, 0) is 9.59 Å². The highest BCUT2D eigenvalue weighted by atomic mass is 35.5. The molecule has 3 amide bonds. The summed E-state index contributed by atoms with van der Waals surface area (Å²) in [5.74, 6) is -2.45. The first-order chi connectivity index (χ1) is 14.8. The average molecular weight is 479 g/mol. The molecule has 2 fully saturated rings. The van der Waals surface area contributed by atoms with Crippen LogP contribution in [0.25, 0.3) is 0 Å². The molecule has 2 heterocycles. The van der Waals surface area contributed by atoms with Gasteiger partial charge >= 0.3 is 0 Å². The zero-order valence-electron chi connectivity index (χ0n) is 16.7. The third kappa shape index (κ3) is 4.14. The van der Waals surface area contributed by atoms with Gasteiger partial charge in [0.2, 0.25) is 0 Å².